The fourth-order valence-electron chi connectivity index (χ4n) is 6.75. The summed E-state index contributed by atoms with van der Waals surface area (Å²) in [4.78, 5) is 18.9. The summed E-state index contributed by atoms with van der Waals surface area (Å²) in [5, 5.41) is 18.5. The number of nitriles is 1. The largest absolute Gasteiger partial charge is 0.474 e. The molecule has 268 valence electrons. The van der Waals surface area contributed by atoms with Crippen LogP contribution in [0.4, 0.5) is 13.2 Å². The van der Waals surface area contributed by atoms with E-state index in [1.165, 1.54) is 6.07 Å². The van der Waals surface area contributed by atoms with E-state index in [-0.39, 0.29) is 30.3 Å². The summed E-state index contributed by atoms with van der Waals surface area (Å²) in [6.07, 6.45) is 5.61. The molecule has 0 atom stereocenters. The minimum absolute atomic E-state index is 0.0480. The van der Waals surface area contributed by atoms with Gasteiger partial charge in [0, 0.05) is 69.8 Å². The average Bonchev–Trinajstić information content (AvgIpc) is 3.71. The first kappa shape index (κ1) is 35.9. The first-order chi connectivity index (χ1) is 23.9. The van der Waals surface area contributed by atoms with Crippen LogP contribution in [0.3, 0.4) is 0 Å². The van der Waals surface area contributed by atoms with Crippen LogP contribution in [0.25, 0.3) is 22.3 Å². The molecule has 0 unspecified atom stereocenters. The number of hydrogen-bond donors (Lipinski definition) is 1. The number of hydrogen-bond acceptors (Lipinski definition) is 10. The Balaban J connectivity index is 1.07. The molecule has 1 aliphatic carbocycles. The number of fused-ring (bicyclic) bond motifs is 1. The van der Waals surface area contributed by atoms with E-state index in [2.05, 4.69) is 55.9 Å². The maximum absolute atomic E-state index is 13.5. The van der Waals surface area contributed by atoms with Gasteiger partial charge in [0.1, 0.15) is 24.8 Å². The lowest BCUT2D eigenvalue weighted by Crippen LogP contribution is -2.58. The predicted octanol–water partition coefficient (Wildman–Crippen LogP) is 5.84. The molecule has 0 amide bonds. The van der Waals surface area contributed by atoms with Crippen LogP contribution in [0.15, 0.2) is 37.1 Å². The maximum atomic E-state index is 13.5. The van der Waals surface area contributed by atoms with Gasteiger partial charge in [-0.05, 0) is 44.3 Å². The summed E-state index contributed by atoms with van der Waals surface area (Å²) in [6, 6.07) is 7.23. The maximum Gasteiger partial charge on any atom is 0.451 e. The smallest absolute Gasteiger partial charge is 0.451 e. The Labute approximate surface area is 291 Å². The molecule has 4 aromatic rings. The summed E-state index contributed by atoms with van der Waals surface area (Å²) in [5.41, 5.74) is 2.26. The van der Waals surface area contributed by atoms with E-state index in [1.807, 2.05) is 34.6 Å². The Morgan fingerprint density at radius 1 is 1.14 bits per heavy atom. The van der Waals surface area contributed by atoms with Crippen LogP contribution in [0.2, 0.25) is 25.7 Å². The van der Waals surface area contributed by atoms with Gasteiger partial charge in [-0.25, -0.2) is 15.0 Å². The molecular formula is C34H45F3N10O2Si. The van der Waals surface area contributed by atoms with Gasteiger partial charge in [0.2, 0.25) is 11.7 Å². The normalized spacial score (nSPS) is 20.6. The fraction of sp³-hybridized carbons (Fsp3) is 0.588. The summed E-state index contributed by atoms with van der Waals surface area (Å²) in [5.74, 6) is -1.24. The van der Waals surface area contributed by atoms with Crippen LogP contribution in [-0.4, -0.2) is 85.6 Å². The van der Waals surface area contributed by atoms with Gasteiger partial charge >= 0.3 is 6.18 Å². The first-order valence-corrected chi connectivity index (χ1v) is 20.9. The van der Waals surface area contributed by atoms with Crippen molar-refractivity contribution in [2.75, 3.05) is 26.2 Å². The summed E-state index contributed by atoms with van der Waals surface area (Å²) < 4.78 is 56.2. The van der Waals surface area contributed by atoms with Crippen LogP contribution < -0.4 is 10.1 Å². The predicted molar refractivity (Wildman–Crippen MR) is 184 cm³/mol. The third kappa shape index (κ3) is 8.17. The van der Waals surface area contributed by atoms with Crippen LogP contribution in [0.5, 0.6) is 5.88 Å². The monoisotopic (exact) mass is 710 g/mol. The Bertz CT molecular complexity index is 1800. The van der Waals surface area contributed by atoms with Crippen molar-refractivity contribution in [2.24, 2.45) is 0 Å². The second-order valence-electron chi connectivity index (χ2n) is 14.5. The molecule has 1 saturated carbocycles. The highest BCUT2D eigenvalue weighted by Crippen LogP contribution is 2.46. The molecule has 1 N–H and O–H groups in total. The van der Waals surface area contributed by atoms with Crippen LogP contribution in [0.1, 0.15) is 50.5 Å². The Morgan fingerprint density at radius 3 is 2.62 bits per heavy atom. The lowest BCUT2D eigenvalue weighted by molar-refractivity contribution is -0.145. The highest BCUT2D eigenvalue weighted by molar-refractivity contribution is 6.76. The number of nitrogens with zero attached hydrogens (tertiary/aromatic N) is 9. The Hall–Kier alpha value is -3.91. The number of rotatable bonds is 14. The number of halogens is 3. The van der Waals surface area contributed by atoms with E-state index in [4.69, 9.17) is 14.6 Å². The van der Waals surface area contributed by atoms with Crippen molar-refractivity contribution >= 4 is 19.1 Å². The fourth-order valence-corrected chi connectivity index (χ4v) is 7.51. The van der Waals surface area contributed by atoms with Crippen molar-refractivity contribution in [3.63, 3.8) is 0 Å². The molecular weight excluding hydrogens is 666 g/mol. The van der Waals surface area contributed by atoms with Gasteiger partial charge < -0.3 is 19.4 Å². The zero-order chi connectivity index (χ0) is 35.5. The molecule has 0 bridgehead atoms. The Kier molecular flexibility index (Phi) is 10.6. The van der Waals surface area contributed by atoms with Gasteiger partial charge in [-0.3, -0.25) is 9.58 Å². The zero-order valence-electron chi connectivity index (χ0n) is 29.1. The third-order valence-electron chi connectivity index (χ3n) is 9.61. The van der Waals surface area contributed by atoms with Crippen LogP contribution >= 0.6 is 0 Å². The second-order valence-corrected chi connectivity index (χ2v) is 20.2. The molecule has 2 fully saturated rings. The van der Waals surface area contributed by atoms with Crippen molar-refractivity contribution in [1.29, 1.82) is 5.26 Å². The van der Waals surface area contributed by atoms with Gasteiger partial charge in [-0.1, -0.05) is 26.6 Å². The lowest BCUT2D eigenvalue weighted by atomic mass is 9.69. The number of aromatic nitrogens is 7. The molecule has 0 radical (unpaired) electrons. The van der Waals surface area contributed by atoms with Crippen molar-refractivity contribution in [3.05, 3.63) is 48.6 Å². The molecule has 6 rings (SSSR count). The van der Waals surface area contributed by atoms with E-state index in [9.17, 15) is 18.4 Å². The lowest BCUT2D eigenvalue weighted by Gasteiger charge is -2.52. The van der Waals surface area contributed by atoms with Crippen molar-refractivity contribution in [3.8, 4) is 23.2 Å². The minimum atomic E-state index is -4.66. The van der Waals surface area contributed by atoms with Gasteiger partial charge in [0.25, 0.3) is 0 Å². The highest BCUT2D eigenvalue weighted by atomic mass is 28.3. The zero-order valence-corrected chi connectivity index (χ0v) is 30.1. The molecule has 50 heavy (non-hydrogen) atoms. The van der Waals surface area contributed by atoms with E-state index >= 15 is 0 Å². The molecule has 0 aromatic carbocycles. The molecule has 1 saturated heterocycles. The SMILES string of the molecule is CCNCc1cc(OC2CCN([C@H]3C[C@@](CC#N)(n4cc(-c5ncnc6c5ccn6COCC[Si](C)(C)C)cn4)C3)CC2)nc(C(F)(F)F)n1. The second kappa shape index (κ2) is 14.7. The molecule has 5 heterocycles. The molecule has 0 spiro atoms. The van der Waals surface area contributed by atoms with Crippen LogP contribution in [0, 0.1) is 11.3 Å². The molecule has 1 aliphatic heterocycles. The minimum Gasteiger partial charge on any atom is -0.474 e. The molecule has 2 aliphatic rings. The summed E-state index contributed by atoms with van der Waals surface area (Å²) in [6.45, 7) is 12.3. The molecule has 4 aromatic heterocycles. The molecule has 16 heteroatoms. The number of nitrogens with one attached hydrogen (secondary N) is 1. The van der Waals surface area contributed by atoms with E-state index in [1.54, 1.807) is 12.5 Å². The quantitative estimate of drug-likeness (QED) is 0.126. The number of likely N-dealkylation sites (tertiary alicyclic amines) is 1. The van der Waals surface area contributed by atoms with Gasteiger partial charge in [-0.15, -0.1) is 0 Å². The summed E-state index contributed by atoms with van der Waals surface area (Å²) in [7, 11) is -1.18. The Morgan fingerprint density at radius 2 is 1.92 bits per heavy atom. The van der Waals surface area contributed by atoms with Crippen molar-refractivity contribution < 1.29 is 22.6 Å². The van der Waals surface area contributed by atoms with Gasteiger partial charge in [0.05, 0.1) is 35.6 Å². The third-order valence-corrected chi connectivity index (χ3v) is 11.3. The standard InChI is InChI=1S/C34H45F3N10O2Si/c1-5-39-20-25-16-29(44-32(43-25)34(35,36)37)49-27-6-11-45(12-7-27)26-17-33(18-26,9-10-38)47-21-24(19-42-47)30-28-8-13-46(31(28)41-22-40-30)23-48-14-15-50(2,3)4/h8,13,16,19,21-22,26-27,39H,5-7,9,11-12,14-15,17-18,20,23H2,1-4H3/t26-,33+. The topological polar surface area (TPSA) is 132 Å². The number of piperidine rings is 1. The van der Waals surface area contributed by atoms with Crippen molar-refractivity contribution in [1.82, 2.24) is 44.5 Å². The van der Waals surface area contributed by atoms with E-state index in [0.29, 0.717) is 32.5 Å². The first-order valence-electron chi connectivity index (χ1n) is 17.2. The van der Waals surface area contributed by atoms with Crippen LogP contribution in [-0.2, 0) is 29.7 Å². The number of ether oxygens (including phenoxy) is 2. The number of alkyl halides is 3. The van der Waals surface area contributed by atoms with E-state index in [0.717, 1.165) is 60.9 Å². The van der Waals surface area contributed by atoms with Gasteiger partial charge in [-0.2, -0.15) is 28.5 Å². The highest BCUT2D eigenvalue weighted by Gasteiger charge is 2.49. The average molecular weight is 711 g/mol. The van der Waals surface area contributed by atoms with Crippen molar-refractivity contribution in [2.45, 2.75) is 102 Å². The van der Waals surface area contributed by atoms with E-state index < -0.39 is 25.6 Å². The molecule has 12 nitrogen and oxygen atoms in total. The van der Waals surface area contributed by atoms with Gasteiger partial charge in [0.15, 0.2) is 0 Å². The summed E-state index contributed by atoms with van der Waals surface area (Å²) >= 11 is 0.